The van der Waals surface area contributed by atoms with E-state index in [1.807, 2.05) is 42.5 Å². The van der Waals surface area contributed by atoms with E-state index in [-0.39, 0.29) is 17.3 Å². The Morgan fingerprint density at radius 2 is 1.15 bits per heavy atom. The third-order valence-corrected chi connectivity index (χ3v) is 5.01. The highest BCUT2D eigenvalue weighted by Crippen LogP contribution is 2.13. The number of carboxylic acid groups (broad SMARTS) is 1. The van der Waals surface area contributed by atoms with Gasteiger partial charge in [0.15, 0.2) is 5.78 Å². The lowest BCUT2D eigenvalue weighted by atomic mass is 10.0. The van der Waals surface area contributed by atoms with E-state index in [0.717, 1.165) is 12.0 Å². The summed E-state index contributed by atoms with van der Waals surface area (Å²) in [4.78, 5) is 34.2. The SMILES string of the molecule is COC(=O)c1cccc(Cc2ccccc2)c1.O=C(O)c1cccc(C(=O)c2ccccc2)c1. The van der Waals surface area contributed by atoms with Crippen molar-refractivity contribution in [1.82, 2.24) is 0 Å². The number of carbonyl (C=O) groups is 3. The molecule has 0 aliphatic rings. The summed E-state index contributed by atoms with van der Waals surface area (Å²) in [6, 6.07) is 32.5. The Labute approximate surface area is 198 Å². The maximum Gasteiger partial charge on any atom is 0.337 e. The summed E-state index contributed by atoms with van der Waals surface area (Å²) < 4.78 is 4.70. The predicted octanol–water partition coefficient (Wildman–Crippen LogP) is 5.68. The van der Waals surface area contributed by atoms with Crippen LogP contribution < -0.4 is 0 Å². The van der Waals surface area contributed by atoms with Gasteiger partial charge in [-0.3, -0.25) is 4.79 Å². The molecule has 0 atom stereocenters. The molecule has 0 aliphatic heterocycles. The lowest BCUT2D eigenvalue weighted by molar-refractivity contribution is 0.0599. The van der Waals surface area contributed by atoms with Crippen molar-refractivity contribution < 1.29 is 24.2 Å². The Kier molecular flexibility index (Phi) is 8.47. The van der Waals surface area contributed by atoms with Crippen molar-refractivity contribution in [2.75, 3.05) is 7.11 Å². The molecule has 5 nitrogen and oxygen atoms in total. The number of ether oxygens (including phenoxy) is 1. The number of ketones is 1. The van der Waals surface area contributed by atoms with Crippen LogP contribution in [0.2, 0.25) is 0 Å². The summed E-state index contributed by atoms with van der Waals surface area (Å²) >= 11 is 0. The number of carboxylic acids is 1. The number of carbonyl (C=O) groups excluding carboxylic acids is 2. The molecular weight excluding hydrogens is 428 g/mol. The Morgan fingerprint density at radius 1 is 0.618 bits per heavy atom. The highest BCUT2D eigenvalue weighted by Gasteiger charge is 2.11. The third kappa shape index (κ3) is 6.74. The lowest BCUT2D eigenvalue weighted by Crippen LogP contribution is -2.03. The van der Waals surface area contributed by atoms with Crippen LogP contribution in [0.15, 0.2) is 109 Å². The highest BCUT2D eigenvalue weighted by molar-refractivity contribution is 6.09. The van der Waals surface area contributed by atoms with Crippen LogP contribution in [0.1, 0.15) is 47.8 Å². The second-order valence-electron chi connectivity index (χ2n) is 7.44. The lowest BCUT2D eigenvalue weighted by Gasteiger charge is -2.04. The first-order valence-electron chi connectivity index (χ1n) is 10.6. The minimum absolute atomic E-state index is 0.117. The van der Waals surface area contributed by atoms with Crippen molar-refractivity contribution in [3.8, 4) is 0 Å². The molecule has 4 aromatic carbocycles. The first kappa shape index (κ1) is 24.1. The van der Waals surface area contributed by atoms with Crippen molar-refractivity contribution in [3.63, 3.8) is 0 Å². The molecule has 4 aromatic rings. The van der Waals surface area contributed by atoms with Gasteiger partial charge in [-0.25, -0.2) is 9.59 Å². The zero-order chi connectivity index (χ0) is 24.3. The summed E-state index contributed by atoms with van der Waals surface area (Å²) in [6.07, 6.45) is 0.825. The van der Waals surface area contributed by atoms with Gasteiger partial charge in [0.05, 0.1) is 18.2 Å². The smallest absolute Gasteiger partial charge is 0.337 e. The van der Waals surface area contributed by atoms with E-state index in [2.05, 4.69) is 12.1 Å². The summed E-state index contributed by atoms with van der Waals surface area (Å²) in [5.41, 5.74) is 3.99. The van der Waals surface area contributed by atoms with Gasteiger partial charge < -0.3 is 9.84 Å². The number of esters is 1. The van der Waals surface area contributed by atoms with Crippen LogP contribution in [0.4, 0.5) is 0 Å². The molecule has 5 heteroatoms. The summed E-state index contributed by atoms with van der Waals surface area (Å²) in [6.45, 7) is 0. The third-order valence-electron chi connectivity index (χ3n) is 5.01. The topological polar surface area (TPSA) is 80.7 Å². The van der Waals surface area contributed by atoms with Crippen molar-refractivity contribution in [2.24, 2.45) is 0 Å². The molecule has 0 bridgehead atoms. The number of hydrogen-bond donors (Lipinski definition) is 1. The van der Waals surface area contributed by atoms with Gasteiger partial charge in [-0.2, -0.15) is 0 Å². The van der Waals surface area contributed by atoms with Crippen molar-refractivity contribution in [3.05, 3.63) is 143 Å². The molecule has 170 valence electrons. The standard InChI is InChI=1S/C15H14O2.C14H10O3/c1-17-15(16)14-9-5-8-13(11-14)10-12-6-3-2-4-7-12;15-13(10-5-2-1-3-6-10)11-7-4-8-12(9-11)14(16)17/h2-9,11H,10H2,1H3;1-9H,(H,16,17). The van der Waals surface area contributed by atoms with Crippen molar-refractivity contribution in [1.29, 1.82) is 0 Å². The number of rotatable bonds is 6. The summed E-state index contributed by atoms with van der Waals surface area (Å²) in [5.74, 6) is -1.50. The first-order chi connectivity index (χ1) is 16.5. The van der Waals surface area contributed by atoms with E-state index in [0.29, 0.717) is 16.7 Å². The molecule has 0 saturated carbocycles. The van der Waals surface area contributed by atoms with E-state index >= 15 is 0 Å². The molecule has 0 amide bonds. The van der Waals surface area contributed by atoms with E-state index in [9.17, 15) is 14.4 Å². The van der Waals surface area contributed by atoms with E-state index < -0.39 is 5.97 Å². The molecule has 0 aromatic heterocycles. The fourth-order valence-corrected chi connectivity index (χ4v) is 3.31. The van der Waals surface area contributed by atoms with Gasteiger partial charge >= 0.3 is 11.9 Å². The second-order valence-corrected chi connectivity index (χ2v) is 7.44. The van der Waals surface area contributed by atoms with Crippen LogP contribution >= 0.6 is 0 Å². The average Bonchev–Trinajstić information content (AvgIpc) is 2.89. The molecule has 0 unspecified atom stereocenters. The maximum atomic E-state index is 12.0. The predicted molar refractivity (Wildman–Crippen MR) is 130 cm³/mol. The summed E-state index contributed by atoms with van der Waals surface area (Å²) in [7, 11) is 1.40. The molecule has 4 rings (SSSR count). The molecule has 1 N–H and O–H groups in total. The minimum atomic E-state index is -1.03. The molecular formula is C29H24O5. The van der Waals surface area contributed by atoms with Crippen molar-refractivity contribution in [2.45, 2.75) is 6.42 Å². The second kappa shape index (κ2) is 11.9. The quantitative estimate of drug-likeness (QED) is 0.301. The Bertz CT molecular complexity index is 1260. The van der Waals surface area contributed by atoms with Crippen LogP contribution in [0, 0.1) is 0 Å². The zero-order valence-corrected chi connectivity index (χ0v) is 18.7. The molecule has 0 saturated heterocycles. The van der Waals surface area contributed by atoms with Crippen LogP contribution in [0.3, 0.4) is 0 Å². The van der Waals surface area contributed by atoms with Crippen LogP contribution in [-0.4, -0.2) is 29.9 Å². The Balaban J connectivity index is 0.000000191. The molecule has 0 radical (unpaired) electrons. The van der Waals surface area contributed by atoms with Crippen molar-refractivity contribution >= 4 is 17.7 Å². The highest BCUT2D eigenvalue weighted by atomic mass is 16.5. The van der Waals surface area contributed by atoms with Gasteiger partial charge in [0, 0.05) is 11.1 Å². The van der Waals surface area contributed by atoms with Gasteiger partial charge in [-0.15, -0.1) is 0 Å². The first-order valence-corrected chi connectivity index (χ1v) is 10.6. The molecule has 0 aliphatic carbocycles. The van der Waals surface area contributed by atoms with Crippen LogP contribution in [0.25, 0.3) is 0 Å². The largest absolute Gasteiger partial charge is 0.478 e. The van der Waals surface area contributed by atoms with E-state index in [4.69, 9.17) is 9.84 Å². The monoisotopic (exact) mass is 452 g/mol. The Hall–Kier alpha value is -4.51. The number of hydrogen-bond acceptors (Lipinski definition) is 4. The number of aromatic carboxylic acids is 1. The van der Waals surface area contributed by atoms with Gasteiger partial charge in [0.2, 0.25) is 0 Å². The molecule has 0 spiro atoms. The number of benzene rings is 4. The fourth-order valence-electron chi connectivity index (χ4n) is 3.31. The normalized spacial score (nSPS) is 9.91. The average molecular weight is 453 g/mol. The van der Waals surface area contributed by atoms with Gasteiger partial charge in [-0.1, -0.05) is 84.9 Å². The van der Waals surface area contributed by atoms with Crippen LogP contribution in [-0.2, 0) is 11.2 Å². The maximum absolute atomic E-state index is 12.0. The minimum Gasteiger partial charge on any atom is -0.478 e. The Morgan fingerprint density at radius 3 is 1.79 bits per heavy atom. The van der Waals surface area contributed by atoms with Gasteiger partial charge in [-0.05, 0) is 41.8 Å². The van der Waals surface area contributed by atoms with E-state index in [1.165, 1.54) is 24.8 Å². The zero-order valence-electron chi connectivity index (χ0n) is 18.7. The number of methoxy groups -OCH3 is 1. The van der Waals surface area contributed by atoms with E-state index in [1.54, 1.807) is 42.5 Å². The van der Waals surface area contributed by atoms with Gasteiger partial charge in [0.25, 0.3) is 0 Å². The molecule has 0 heterocycles. The van der Waals surface area contributed by atoms with Crippen LogP contribution in [0.5, 0.6) is 0 Å². The summed E-state index contributed by atoms with van der Waals surface area (Å²) in [5, 5.41) is 8.85. The fraction of sp³-hybridized carbons (Fsp3) is 0.0690. The molecule has 0 fully saturated rings. The van der Waals surface area contributed by atoms with Gasteiger partial charge in [0.1, 0.15) is 0 Å². The molecule has 34 heavy (non-hydrogen) atoms.